The van der Waals surface area contributed by atoms with Gasteiger partial charge >= 0.3 is 6.09 Å². The minimum atomic E-state index is -1.15. The van der Waals surface area contributed by atoms with E-state index in [0.717, 1.165) is 12.8 Å². The first-order valence-corrected chi connectivity index (χ1v) is 7.63. The van der Waals surface area contributed by atoms with Crippen LogP contribution in [-0.2, 0) is 14.4 Å². The molecule has 1 aliphatic carbocycles. The van der Waals surface area contributed by atoms with Gasteiger partial charge in [-0.3, -0.25) is 14.4 Å². The number of amides is 4. The number of carbonyl (C=O) groups is 4. The van der Waals surface area contributed by atoms with Gasteiger partial charge in [0, 0.05) is 13.5 Å². The van der Waals surface area contributed by atoms with Crippen molar-refractivity contribution in [1.82, 2.24) is 16.0 Å². The van der Waals surface area contributed by atoms with Crippen LogP contribution >= 0.6 is 0 Å². The molecule has 4 amide bonds. The van der Waals surface area contributed by atoms with Crippen molar-refractivity contribution >= 4 is 23.8 Å². The zero-order valence-electron chi connectivity index (χ0n) is 13.2. The van der Waals surface area contributed by atoms with E-state index in [0.29, 0.717) is 19.3 Å². The number of primary amides is 1. The van der Waals surface area contributed by atoms with Crippen molar-refractivity contribution in [2.24, 2.45) is 5.73 Å². The summed E-state index contributed by atoms with van der Waals surface area (Å²) in [6.45, 7) is 1.45. The highest BCUT2D eigenvalue weighted by molar-refractivity contribution is 5.93. The van der Waals surface area contributed by atoms with Gasteiger partial charge in [0.25, 0.3) is 0 Å². The summed E-state index contributed by atoms with van der Waals surface area (Å²) in [5.41, 5.74) is 4.37. The standard InChI is InChI=1S/C14H24N4O5/c1-9(19)17-10(5-4-8-16-13(22)23)11(20)18-14(12(15)21)6-2-3-7-14/h10,16H,2-8H2,1H3,(H2,15,21)(H,17,19)(H,18,20)(H,22,23). The lowest BCUT2D eigenvalue weighted by Gasteiger charge is -2.29. The van der Waals surface area contributed by atoms with Gasteiger partial charge in [-0.2, -0.15) is 0 Å². The van der Waals surface area contributed by atoms with E-state index < -0.39 is 29.5 Å². The molecular weight excluding hydrogens is 304 g/mol. The Balaban J connectivity index is 2.65. The highest BCUT2D eigenvalue weighted by atomic mass is 16.4. The first kappa shape index (κ1) is 18.7. The molecule has 0 radical (unpaired) electrons. The molecule has 1 rings (SSSR count). The summed E-state index contributed by atoms with van der Waals surface area (Å²) in [5, 5.41) is 15.9. The van der Waals surface area contributed by atoms with Crippen molar-refractivity contribution in [3.8, 4) is 0 Å². The monoisotopic (exact) mass is 328 g/mol. The van der Waals surface area contributed by atoms with Crippen LogP contribution in [0.2, 0.25) is 0 Å². The van der Waals surface area contributed by atoms with Gasteiger partial charge in [-0.1, -0.05) is 12.8 Å². The van der Waals surface area contributed by atoms with Gasteiger partial charge < -0.3 is 26.8 Å². The molecule has 0 saturated heterocycles. The lowest BCUT2D eigenvalue weighted by Crippen LogP contribution is -2.60. The summed E-state index contributed by atoms with van der Waals surface area (Å²) in [4.78, 5) is 45.7. The Bertz CT molecular complexity index is 474. The molecule has 9 nitrogen and oxygen atoms in total. The predicted molar refractivity (Wildman–Crippen MR) is 81.4 cm³/mol. The van der Waals surface area contributed by atoms with Crippen LogP contribution in [0, 0.1) is 0 Å². The molecule has 9 heteroatoms. The third-order valence-corrected chi connectivity index (χ3v) is 3.93. The normalized spacial score (nSPS) is 17.1. The quantitative estimate of drug-likeness (QED) is 0.379. The van der Waals surface area contributed by atoms with Crippen LogP contribution < -0.4 is 21.7 Å². The van der Waals surface area contributed by atoms with Crippen molar-refractivity contribution in [2.45, 2.75) is 57.0 Å². The molecule has 0 spiro atoms. The van der Waals surface area contributed by atoms with Crippen LogP contribution in [0.3, 0.4) is 0 Å². The SMILES string of the molecule is CC(=O)NC(CCCNC(=O)O)C(=O)NC1(C(N)=O)CCCC1. The molecule has 0 aromatic rings. The Hall–Kier alpha value is -2.32. The second-order valence-corrected chi connectivity index (χ2v) is 5.77. The van der Waals surface area contributed by atoms with Crippen molar-refractivity contribution in [2.75, 3.05) is 6.54 Å². The molecule has 23 heavy (non-hydrogen) atoms. The smallest absolute Gasteiger partial charge is 0.404 e. The third-order valence-electron chi connectivity index (χ3n) is 3.93. The van der Waals surface area contributed by atoms with Gasteiger partial charge in [0.1, 0.15) is 11.6 Å². The number of carbonyl (C=O) groups excluding carboxylic acids is 3. The summed E-state index contributed by atoms with van der Waals surface area (Å²) in [5.74, 6) is -1.43. The van der Waals surface area contributed by atoms with Gasteiger partial charge in [-0.25, -0.2) is 4.79 Å². The lowest BCUT2D eigenvalue weighted by atomic mass is 9.95. The molecule has 1 unspecified atom stereocenters. The molecule has 0 bridgehead atoms. The average molecular weight is 328 g/mol. The summed E-state index contributed by atoms with van der Waals surface area (Å²) >= 11 is 0. The number of hydrogen-bond acceptors (Lipinski definition) is 4. The van der Waals surface area contributed by atoms with E-state index in [4.69, 9.17) is 10.8 Å². The first-order chi connectivity index (χ1) is 10.8. The maximum atomic E-state index is 12.4. The summed E-state index contributed by atoms with van der Waals surface area (Å²) in [6, 6.07) is -0.833. The minimum absolute atomic E-state index is 0.166. The van der Waals surface area contributed by atoms with Crippen LogP contribution in [0.5, 0.6) is 0 Å². The number of nitrogens with two attached hydrogens (primary N) is 1. The lowest BCUT2D eigenvalue weighted by molar-refractivity contribution is -0.134. The third kappa shape index (κ3) is 5.76. The number of nitrogens with one attached hydrogen (secondary N) is 3. The van der Waals surface area contributed by atoms with Crippen LogP contribution in [-0.4, -0.2) is 47.0 Å². The Labute approximate surface area is 134 Å². The largest absolute Gasteiger partial charge is 0.465 e. The van der Waals surface area contributed by atoms with Crippen molar-refractivity contribution in [1.29, 1.82) is 0 Å². The molecule has 1 fully saturated rings. The van der Waals surface area contributed by atoms with E-state index in [2.05, 4.69) is 16.0 Å². The van der Waals surface area contributed by atoms with Crippen LogP contribution in [0.15, 0.2) is 0 Å². The fourth-order valence-corrected chi connectivity index (χ4v) is 2.75. The van der Waals surface area contributed by atoms with Gasteiger partial charge in [0.15, 0.2) is 0 Å². The second-order valence-electron chi connectivity index (χ2n) is 5.77. The van der Waals surface area contributed by atoms with Crippen LogP contribution in [0.25, 0.3) is 0 Å². The maximum absolute atomic E-state index is 12.4. The van der Waals surface area contributed by atoms with Gasteiger partial charge in [-0.15, -0.1) is 0 Å². The topological polar surface area (TPSA) is 151 Å². The number of carboxylic acid groups (broad SMARTS) is 1. The average Bonchev–Trinajstić information content (AvgIpc) is 2.91. The van der Waals surface area contributed by atoms with E-state index in [1.165, 1.54) is 6.92 Å². The zero-order chi connectivity index (χ0) is 17.5. The highest BCUT2D eigenvalue weighted by Gasteiger charge is 2.42. The van der Waals surface area contributed by atoms with E-state index in [9.17, 15) is 19.2 Å². The molecule has 1 saturated carbocycles. The molecule has 0 aromatic carbocycles. The zero-order valence-corrected chi connectivity index (χ0v) is 13.2. The molecule has 1 atom stereocenters. The highest BCUT2D eigenvalue weighted by Crippen LogP contribution is 2.29. The maximum Gasteiger partial charge on any atom is 0.404 e. The Morgan fingerprint density at radius 2 is 1.83 bits per heavy atom. The van der Waals surface area contributed by atoms with Crippen LogP contribution in [0.1, 0.15) is 45.4 Å². The first-order valence-electron chi connectivity index (χ1n) is 7.63. The predicted octanol–water partition coefficient (Wildman–Crippen LogP) is -0.547. The van der Waals surface area contributed by atoms with Gasteiger partial charge in [-0.05, 0) is 25.7 Å². The van der Waals surface area contributed by atoms with Gasteiger partial charge in [0.05, 0.1) is 0 Å². The Morgan fingerprint density at radius 3 is 2.30 bits per heavy atom. The minimum Gasteiger partial charge on any atom is -0.465 e. The fourth-order valence-electron chi connectivity index (χ4n) is 2.75. The van der Waals surface area contributed by atoms with E-state index in [1.54, 1.807) is 0 Å². The van der Waals surface area contributed by atoms with E-state index >= 15 is 0 Å². The molecule has 6 N–H and O–H groups in total. The molecule has 1 aliphatic rings. The Morgan fingerprint density at radius 1 is 1.22 bits per heavy atom. The molecule has 130 valence electrons. The molecular formula is C14H24N4O5. The molecule has 0 aliphatic heterocycles. The van der Waals surface area contributed by atoms with Crippen molar-refractivity contribution in [3.63, 3.8) is 0 Å². The van der Waals surface area contributed by atoms with Crippen molar-refractivity contribution in [3.05, 3.63) is 0 Å². The van der Waals surface area contributed by atoms with E-state index in [1.807, 2.05) is 0 Å². The fraction of sp³-hybridized carbons (Fsp3) is 0.714. The number of rotatable bonds is 8. The van der Waals surface area contributed by atoms with Gasteiger partial charge in [0.2, 0.25) is 17.7 Å². The molecule has 0 aromatic heterocycles. The second kappa shape index (κ2) is 8.35. The van der Waals surface area contributed by atoms with Crippen molar-refractivity contribution < 1.29 is 24.3 Å². The number of hydrogen-bond donors (Lipinski definition) is 5. The molecule has 0 heterocycles. The Kier molecular flexibility index (Phi) is 6.80. The summed E-state index contributed by atoms with van der Waals surface area (Å²) in [7, 11) is 0. The van der Waals surface area contributed by atoms with E-state index in [-0.39, 0.29) is 18.9 Å². The summed E-state index contributed by atoms with van der Waals surface area (Å²) < 4.78 is 0. The van der Waals surface area contributed by atoms with Crippen LogP contribution in [0.4, 0.5) is 4.79 Å². The summed E-state index contributed by atoms with van der Waals surface area (Å²) in [6.07, 6.45) is 2.05.